The lowest BCUT2D eigenvalue weighted by molar-refractivity contribution is -0.114. The van der Waals surface area contributed by atoms with E-state index in [1.165, 1.54) is 18.3 Å². The van der Waals surface area contributed by atoms with Crippen molar-refractivity contribution in [1.82, 2.24) is 15.0 Å². The molecule has 4 aromatic rings. The molecule has 3 heterocycles. The van der Waals surface area contributed by atoms with Crippen LogP contribution in [0.25, 0.3) is 22.0 Å². The van der Waals surface area contributed by atoms with Crippen molar-refractivity contribution < 1.29 is 4.79 Å². The lowest BCUT2D eigenvalue weighted by atomic mass is 10.2. The van der Waals surface area contributed by atoms with E-state index in [2.05, 4.69) is 25.6 Å². The second kappa shape index (κ2) is 7.65. The number of carbonyl (C=O) groups excluding carboxylic acids is 1. The van der Waals surface area contributed by atoms with Gasteiger partial charge in [0.05, 0.1) is 5.69 Å². The standard InChI is InChI=1S/C19H15N5OS2/c1-12(25)21-14-5-2-6-15(8-14)22-19-24-17(11-27-19)18-23-16(10-26-18)13-4-3-7-20-9-13/h2-11H,1H3,(H,21,25)(H,22,24). The van der Waals surface area contributed by atoms with Crippen LogP contribution in [0.4, 0.5) is 16.5 Å². The second-order valence-electron chi connectivity index (χ2n) is 5.70. The summed E-state index contributed by atoms with van der Waals surface area (Å²) in [5.41, 5.74) is 4.32. The fraction of sp³-hybridized carbons (Fsp3) is 0.0526. The summed E-state index contributed by atoms with van der Waals surface area (Å²) >= 11 is 3.07. The molecule has 4 rings (SSSR count). The van der Waals surface area contributed by atoms with Crippen molar-refractivity contribution in [2.24, 2.45) is 0 Å². The van der Waals surface area contributed by atoms with Crippen LogP contribution in [-0.2, 0) is 4.79 Å². The van der Waals surface area contributed by atoms with E-state index in [1.54, 1.807) is 23.7 Å². The number of rotatable bonds is 5. The largest absolute Gasteiger partial charge is 0.331 e. The molecule has 0 spiro atoms. The third kappa shape index (κ3) is 4.18. The lowest BCUT2D eigenvalue weighted by Crippen LogP contribution is -2.05. The van der Waals surface area contributed by atoms with E-state index >= 15 is 0 Å². The molecule has 0 fully saturated rings. The highest BCUT2D eigenvalue weighted by Crippen LogP contribution is 2.32. The molecular weight excluding hydrogens is 378 g/mol. The number of thiazole rings is 2. The highest BCUT2D eigenvalue weighted by atomic mass is 32.1. The number of hydrogen-bond donors (Lipinski definition) is 2. The Hall–Kier alpha value is -3.10. The molecule has 0 unspecified atom stereocenters. The Morgan fingerprint density at radius 1 is 1.00 bits per heavy atom. The third-order valence-electron chi connectivity index (χ3n) is 3.62. The average Bonchev–Trinajstić information content (AvgIpc) is 3.31. The normalized spacial score (nSPS) is 10.6. The number of hydrogen-bond acceptors (Lipinski definition) is 7. The van der Waals surface area contributed by atoms with Crippen LogP contribution in [0.3, 0.4) is 0 Å². The number of pyridine rings is 1. The molecule has 6 nitrogen and oxygen atoms in total. The van der Waals surface area contributed by atoms with E-state index in [1.807, 2.05) is 47.2 Å². The summed E-state index contributed by atoms with van der Waals surface area (Å²) in [4.78, 5) is 24.6. The van der Waals surface area contributed by atoms with Gasteiger partial charge in [-0.25, -0.2) is 9.97 Å². The molecular formula is C19H15N5OS2. The number of nitrogens with zero attached hydrogens (tertiary/aromatic N) is 3. The van der Waals surface area contributed by atoms with Crippen molar-refractivity contribution in [2.75, 3.05) is 10.6 Å². The van der Waals surface area contributed by atoms with Gasteiger partial charge in [-0.05, 0) is 30.3 Å². The summed E-state index contributed by atoms with van der Waals surface area (Å²) in [6, 6.07) is 11.4. The van der Waals surface area contributed by atoms with Crippen molar-refractivity contribution in [3.63, 3.8) is 0 Å². The molecule has 134 valence electrons. The minimum atomic E-state index is -0.100. The van der Waals surface area contributed by atoms with Crippen LogP contribution >= 0.6 is 22.7 Å². The molecule has 0 aliphatic rings. The Labute approximate surface area is 164 Å². The van der Waals surface area contributed by atoms with Crippen LogP contribution in [0.15, 0.2) is 59.6 Å². The summed E-state index contributed by atoms with van der Waals surface area (Å²) in [5.74, 6) is -0.100. The van der Waals surface area contributed by atoms with Crippen molar-refractivity contribution in [1.29, 1.82) is 0 Å². The van der Waals surface area contributed by atoms with Crippen LogP contribution in [0.1, 0.15) is 6.92 Å². The molecule has 1 aromatic carbocycles. The maximum Gasteiger partial charge on any atom is 0.221 e. The molecule has 0 aliphatic carbocycles. The SMILES string of the molecule is CC(=O)Nc1cccc(Nc2nc(-c3nc(-c4cccnc4)cs3)cs2)c1. The fourth-order valence-electron chi connectivity index (χ4n) is 2.47. The minimum absolute atomic E-state index is 0.100. The highest BCUT2D eigenvalue weighted by Gasteiger charge is 2.11. The third-order valence-corrected chi connectivity index (χ3v) is 5.24. The van der Waals surface area contributed by atoms with Gasteiger partial charge in [0.1, 0.15) is 10.7 Å². The maximum atomic E-state index is 11.2. The number of carbonyl (C=O) groups is 1. The molecule has 0 atom stereocenters. The number of nitrogens with one attached hydrogen (secondary N) is 2. The summed E-state index contributed by atoms with van der Waals surface area (Å²) in [5, 5.41) is 11.7. The van der Waals surface area contributed by atoms with Crippen LogP contribution in [0.2, 0.25) is 0 Å². The average molecular weight is 393 g/mol. The number of anilines is 3. The zero-order chi connectivity index (χ0) is 18.6. The Balaban J connectivity index is 1.51. The van der Waals surface area contributed by atoms with Crippen LogP contribution < -0.4 is 10.6 Å². The van der Waals surface area contributed by atoms with Gasteiger partial charge in [0, 0.05) is 47.0 Å². The van der Waals surface area contributed by atoms with Gasteiger partial charge < -0.3 is 10.6 Å². The molecule has 1 amide bonds. The fourth-order valence-corrected chi connectivity index (χ4v) is 4.05. The van der Waals surface area contributed by atoms with E-state index in [9.17, 15) is 4.79 Å². The van der Waals surface area contributed by atoms with Gasteiger partial charge in [0.2, 0.25) is 5.91 Å². The van der Waals surface area contributed by atoms with Gasteiger partial charge >= 0.3 is 0 Å². The predicted molar refractivity (Wildman–Crippen MR) is 110 cm³/mol. The van der Waals surface area contributed by atoms with E-state index in [0.29, 0.717) is 0 Å². The predicted octanol–water partition coefficient (Wildman–Crippen LogP) is 5.03. The quantitative estimate of drug-likeness (QED) is 0.497. The van der Waals surface area contributed by atoms with E-state index in [4.69, 9.17) is 0 Å². The summed E-state index contributed by atoms with van der Waals surface area (Å²) in [6.45, 7) is 1.49. The van der Waals surface area contributed by atoms with E-state index in [-0.39, 0.29) is 5.91 Å². The van der Waals surface area contributed by atoms with Crippen LogP contribution in [-0.4, -0.2) is 20.9 Å². The summed E-state index contributed by atoms with van der Waals surface area (Å²) in [7, 11) is 0. The second-order valence-corrected chi connectivity index (χ2v) is 7.42. The number of aromatic nitrogens is 3. The topological polar surface area (TPSA) is 79.8 Å². The summed E-state index contributed by atoms with van der Waals surface area (Å²) in [6.07, 6.45) is 3.55. The molecule has 0 radical (unpaired) electrons. The van der Waals surface area contributed by atoms with Gasteiger partial charge in [-0.15, -0.1) is 22.7 Å². The smallest absolute Gasteiger partial charge is 0.221 e. The van der Waals surface area contributed by atoms with Crippen molar-refractivity contribution in [3.05, 3.63) is 59.6 Å². The van der Waals surface area contributed by atoms with Gasteiger partial charge in [-0.1, -0.05) is 6.07 Å². The first-order valence-electron chi connectivity index (χ1n) is 8.14. The maximum absolute atomic E-state index is 11.2. The van der Waals surface area contributed by atoms with E-state index < -0.39 is 0 Å². The monoisotopic (exact) mass is 393 g/mol. The molecule has 0 bridgehead atoms. The van der Waals surface area contributed by atoms with Gasteiger partial charge in [0.25, 0.3) is 0 Å². The minimum Gasteiger partial charge on any atom is -0.331 e. The van der Waals surface area contributed by atoms with Gasteiger partial charge in [0.15, 0.2) is 5.13 Å². The molecule has 8 heteroatoms. The first kappa shape index (κ1) is 17.3. The Bertz CT molecular complexity index is 1070. The Morgan fingerprint density at radius 2 is 1.85 bits per heavy atom. The Morgan fingerprint density at radius 3 is 2.67 bits per heavy atom. The van der Waals surface area contributed by atoms with Crippen molar-refractivity contribution in [2.45, 2.75) is 6.92 Å². The molecule has 2 N–H and O–H groups in total. The van der Waals surface area contributed by atoms with Crippen LogP contribution in [0, 0.1) is 0 Å². The van der Waals surface area contributed by atoms with Crippen LogP contribution in [0.5, 0.6) is 0 Å². The van der Waals surface area contributed by atoms with Crippen molar-refractivity contribution >= 4 is 45.1 Å². The zero-order valence-electron chi connectivity index (χ0n) is 14.3. The molecule has 0 saturated heterocycles. The number of benzene rings is 1. The van der Waals surface area contributed by atoms with Crippen molar-refractivity contribution in [3.8, 4) is 22.0 Å². The lowest BCUT2D eigenvalue weighted by Gasteiger charge is -2.06. The summed E-state index contributed by atoms with van der Waals surface area (Å²) < 4.78 is 0. The first-order valence-corrected chi connectivity index (χ1v) is 9.90. The van der Waals surface area contributed by atoms with Gasteiger partial charge in [-0.2, -0.15) is 0 Å². The highest BCUT2D eigenvalue weighted by molar-refractivity contribution is 7.15. The molecule has 0 saturated carbocycles. The van der Waals surface area contributed by atoms with E-state index in [0.717, 1.165) is 38.5 Å². The number of amides is 1. The van der Waals surface area contributed by atoms with Gasteiger partial charge in [-0.3, -0.25) is 9.78 Å². The molecule has 27 heavy (non-hydrogen) atoms. The Kier molecular flexibility index (Phi) is 4.91. The molecule has 3 aromatic heterocycles. The first-order chi connectivity index (χ1) is 13.2. The zero-order valence-corrected chi connectivity index (χ0v) is 16.0. The molecule has 0 aliphatic heterocycles.